The molecule has 0 saturated carbocycles. The number of alkyl halides is 1. The predicted octanol–water partition coefficient (Wildman–Crippen LogP) is 9.70. The van der Waals surface area contributed by atoms with Gasteiger partial charge in [0.15, 0.2) is 0 Å². The van der Waals surface area contributed by atoms with Crippen LogP contribution in [-0.4, -0.2) is 17.9 Å². The van der Waals surface area contributed by atoms with Gasteiger partial charge in [0.1, 0.15) is 0 Å². The summed E-state index contributed by atoms with van der Waals surface area (Å²) in [6, 6.07) is 0. The Kier molecular flexibility index (Phi) is 25.8. The van der Waals surface area contributed by atoms with Gasteiger partial charge in [-0.2, -0.15) is 0 Å². The van der Waals surface area contributed by atoms with E-state index in [4.69, 9.17) is 0 Å². The minimum atomic E-state index is -0.169. The van der Waals surface area contributed by atoms with E-state index >= 15 is 0 Å². The Morgan fingerprint density at radius 2 is 0.724 bits per heavy atom. The van der Waals surface area contributed by atoms with Gasteiger partial charge in [-0.25, -0.2) is 0 Å². The number of unbranched alkanes of at least 4 members (excludes halogenated alkanes) is 20. The molecule has 1 unspecified atom stereocenters. The molecule has 0 radical (unpaired) electrons. The molecule has 2 heteroatoms. The van der Waals surface area contributed by atoms with Crippen LogP contribution in [0.4, 0.5) is 4.39 Å². The van der Waals surface area contributed by atoms with E-state index in [0.29, 0.717) is 0 Å². The molecule has 0 heterocycles. The van der Waals surface area contributed by atoms with Crippen molar-refractivity contribution in [3.63, 3.8) is 0 Å². The summed E-state index contributed by atoms with van der Waals surface area (Å²) in [6.07, 6.45) is 30.7. The molecule has 0 amide bonds. The fraction of sp³-hybridized carbons (Fsp3) is 1.00. The molecule has 0 aromatic carbocycles. The Morgan fingerprint density at radius 1 is 0.448 bits per heavy atom. The highest BCUT2D eigenvalue weighted by atomic mass is 19.1. The van der Waals surface area contributed by atoms with Gasteiger partial charge >= 0.3 is 0 Å². The summed E-state index contributed by atoms with van der Waals surface area (Å²) >= 11 is 0. The highest BCUT2D eigenvalue weighted by molar-refractivity contribution is 4.58. The van der Waals surface area contributed by atoms with E-state index in [0.717, 1.165) is 38.5 Å². The van der Waals surface area contributed by atoms with Crippen molar-refractivity contribution in [3.05, 3.63) is 0 Å². The first-order valence-electron chi connectivity index (χ1n) is 13.5. The zero-order valence-corrected chi connectivity index (χ0v) is 20.1. The summed E-state index contributed by atoms with van der Waals surface area (Å²) in [6.45, 7) is 2.12. The zero-order chi connectivity index (χ0) is 21.3. The third-order valence-corrected chi connectivity index (χ3v) is 6.31. The van der Waals surface area contributed by atoms with Crippen molar-refractivity contribution >= 4 is 0 Å². The molecule has 1 atom stereocenters. The van der Waals surface area contributed by atoms with E-state index in [-0.39, 0.29) is 12.8 Å². The van der Waals surface area contributed by atoms with Crippen LogP contribution >= 0.6 is 0 Å². The molecule has 176 valence electrons. The van der Waals surface area contributed by atoms with Crippen molar-refractivity contribution in [3.8, 4) is 0 Å². The summed E-state index contributed by atoms with van der Waals surface area (Å²) in [5.74, 6) is 0. The molecule has 0 aliphatic carbocycles. The Morgan fingerprint density at radius 3 is 1.03 bits per heavy atom. The number of aliphatic hydroxyl groups is 1. The Hall–Kier alpha value is -0.110. The maximum Gasteiger partial charge on any atom is 0.0894 e. The van der Waals surface area contributed by atoms with Crippen LogP contribution in [-0.2, 0) is 0 Å². The maximum absolute atomic E-state index is 12.0. The van der Waals surface area contributed by atoms with Gasteiger partial charge in [0, 0.05) is 0 Å². The topological polar surface area (TPSA) is 20.2 Å². The van der Waals surface area contributed by atoms with E-state index in [1.165, 1.54) is 116 Å². The molecule has 1 N–H and O–H groups in total. The second-order valence-electron chi connectivity index (χ2n) is 9.34. The quantitative estimate of drug-likeness (QED) is 0.147. The molecule has 0 rings (SSSR count). The first-order valence-corrected chi connectivity index (χ1v) is 13.5. The van der Waals surface area contributed by atoms with Crippen molar-refractivity contribution < 1.29 is 9.50 Å². The highest BCUT2D eigenvalue weighted by Crippen LogP contribution is 2.16. The van der Waals surface area contributed by atoms with Gasteiger partial charge in [0.25, 0.3) is 0 Å². The molecule has 0 aliphatic rings. The molecule has 0 saturated heterocycles. The van der Waals surface area contributed by atoms with Gasteiger partial charge < -0.3 is 5.11 Å². The first kappa shape index (κ1) is 28.9. The lowest BCUT2D eigenvalue weighted by Crippen LogP contribution is -2.05. The van der Waals surface area contributed by atoms with E-state index in [2.05, 4.69) is 6.92 Å². The molecule has 29 heavy (non-hydrogen) atoms. The Bertz CT molecular complexity index is 282. The second kappa shape index (κ2) is 25.9. The molecule has 0 spiro atoms. The molecule has 0 fully saturated rings. The summed E-state index contributed by atoms with van der Waals surface area (Å²) in [4.78, 5) is 0. The number of aliphatic hydroxyl groups excluding tert-OH is 1. The zero-order valence-electron chi connectivity index (χ0n) is 20.1. The van der Waals surface area contributed by atoms with Crippen molar-refractivity contribution in [1.82, 2.24) is 0 Å². The van der Waals surface area contributed by atoms with Gasteiger partial charge in [0.2, 0.25) is 0 Å². The van der Waals surface area contributed by atoms with Crippen LogP contribution in [0.1, 0.15) is 161 Å². The normalized spacial score (nSPS) is 12.5. The van der Waals surface area contributed by atoms with Crippen LogP contribution in [0.2, 0.25) is 0 Å². The van der Waals surface area contributed by atoms with Crippen LogP contribution in [0.25, 0.3) is 0 Å². The lowest BCUT2D eigenvalue weighted by molar-refractivity contribution is 0.147. The average Bonchev–Trinajstić information content (AvgIpc) is 2.72. The standard InChI is InChI=1S/C27H55FO/c1-2-3-4-5-6-7-8-9-10-11-12-13-14-15-18-21-24-27(29)25-22-19-16-17-20-23-26-28/h27,29H,2-26H2,1H3. The van der Waals surface area contributed by atoms with Gasteiger partial charge in [-0.15, -0.1) is 0 Å². The second-order valence-corrected chi connectivity index (χ2v) is 9.34. The maximum atomic E-state index is 12.0. The lowest BCUT2D eigenvalue weighted by Gasteiger charge is -2.10. The fourth-order valence-corrected chi connectivity index (χ4v) is 4.25. The number of rotatable bonds is 25. The van der Waals surface area contributed by atoms with Crippen molar-refractivity contribution in [2.45, 2.75) is 167 Å². The van der Waals surface area contributed by atoms with Crippen molar-refractivity contribution in [1.29, 1.82) is 0 Å². The summed E-state index contributed by atoms with van der Waals surface area (Å²) in [5, 5.41) is 10.1. The van der Waals surface area contributed by atoms with Crippen LogP contribution in [0, 0.1) is 0 Å². The van der Waals surface area contributed by atoms with E-state index in [9.17, 15) is 9.50 Å². The molecule has 0 aromatic heterocycles. The Balaban J connectivity index is 3.10. The van der Waals surface area contributed by atoms with Gasteiger partial charge in [-0.05, 0) is 19.3 Å². The van der Waals surface area contributed by atoms with Gasteiger partial charge in [-0.3, -0.25) is 4.39 Å². The third-order valence-electron chi connectivity index (χ3n) is 6.31. The smallest absolute Gasteiger partial charge is 0.0894 e. The summed E-state index contributed by atoms with van der Waals surface area (Å²) < 4.78 is 12.0. The number of hydrogen-bond donors (Lipinski definition) is 1. The summed E-state index contributed by atoms with van der Waals surface area (Å²) in [5.41, 5.74) is 0. The molecule has 0 aliphatic heterocycles. The number of halogens is 1. The van der Waals surface area contributed by atoms with Gasteiger partial charge in [0.05, 0.1) is 12.8 Å². The monoisotopic (exact) mass is 414 g/mol. The van der Waals surface area contributed by atoms with Crippen molar-refractivity contribution in [2.75, 3.05) is 6.67 Å². The van der Waals surface area contributed by atoms with E-state index in [1.807, 2.05) is 0 Å². The number of hydrogen-bond acceptors (Lipinski definition) is 1. The fourth-order valence-electron chi connectivity index (χ4n) is 4.25. The summed E-state index contributed by atoms with van der Waals surface area (Å²) in [7, 11) is 0. The molecule has 0 aromatic rings. The van der Waals surface area contributed by atoms with E-state index in [1.54, 1.807) is 0 Å². The lowest BCUT2D eigenvalue weighted by atomic mass is 10.0. The minimum Gasteiger partial charge on any atom is -0.393 e. The molecular formula is C27H55FO. The Labute approximate surface area is 183 Å². The largest absolute Gasteiger partial charge is 0.393 e. The van der Waals surface area contributed by atoms with Crippen LogP contribution in [0.15, 0.2) is 0 Å². The minimum absolute atomic E-state index is 0.0903. The van der Waals surface area contributed by atoms with Gasteiger partial charge in [-0.1, -0.05) is 142 Å². The predicted molar refractivity (Wildman–Crippen MR) is 128 cm³/mol. The average molecular weight is 415 g/mol. The van der Waals surface area contributed by atoms with Crippen LogP contribution in [0.5, 0.6) is 0 Å². The van der Waals surface area contributed by atoms with Crippen molar-refractivity contribution in [2.24, 2.45) is 0 Å². The molecular weight excluding hydrogens is 359 g/mol. The van der Waals surface area contributed by atoms with Crippen LogP contribution < -0.4 is 0 Å². The van der Waals surface area contributed by atoms with E-state index < -0.39 is 0 Å². The first-order chi connectivity index (χ1) is 14.3. The molecule has 0 bridgehead atoms. The molecule has 1 nitrogen and oxygen atoms in total. The van der Waals surface area contributed by atoms with Crippen LogP contribution in [0.3, 0.4) is 0 Å². The highest BCUT2D eigenvalue weighted by Gasteiger charge is 2.03. The third kappa shape index (κ3) is 25.9. The SMILES string of the molecule is CCCCCCCCCCCCCCCCCCC(O)CCCCCCCCF.